The van der Waals surface area contributed by atoms with E-state index in [1.807, 2.05) is 52.4 Å². The number of likely N-dealkylation sites (N-methyl/N-ethyl adjacent to an activating group) is 1. The molecule has 7 heteroatoms. The second kappa shape index (κ2) is 11.0. The number of nitrogens with zero attached hydrogens (tertiary/aromatic N) is 1. The Bertz CT molecular complexity index is 790. The molecule has 1 aromatic carbocycles. The van der Waals surface area contributed by atoms with Crippen molar-refractivity contribution in [3.05, 3.63) is 52.2 Å². The molecule has 2 atom stereocenters. The normalized spacial score (nSPS) is 13.2. The zero-order valence-electron chi connectivity index (χ0n) is 17.8. The van der Waals surface area contributed by atoms with Gasteiger partial charge in [0.25, 0.3) is 5.91 Å². The molecule has 0 saturated heterocycles. The van der Waals surface area contributed by atoms with Crippen LogP contribution in [0.4, 0.5) is 0 Å². The summed E-state index contributed by atoms with van der Waals surface area (Å²) in [6.45, 7) is 6.64. The minimum absolute atomic E-state index is 0.0576. The lowest BCUT2D eigenvalue weighted by atomic mass is 10.0. The van der Waals surface area contributed by atoms with Crippen LogP contribution in [0.3, 0.4) is 0 Å². The van der Waals surface area contributed by atoms with Gasteiger partial charge in [-0.25, -0.2) is 0 Å². The predicted octanol–water partition coefficient (Wildman–Crippen LogP) is 3.32. The average Bonchev–Trinajstić information content (AvgIpc) is 3.20. The molecule has 0 spiro atoms. The fourth-order valence-corrected chi connectivity index (χ4v) is 3.94. The second-order valence-corrected chi connectivity index (χ2v) is 8.34. The minimum atomic E-state index is -0.636. The van der Waals surface area contributed by atoms with Gasteiger partial charge in [-0.3, -0.25) is 9.59 Å². The molecule has 2 N–H and O–H groups in total. The molecule has 0 aliphatic rings. The van der Waals surface area contributed by atoms with Crippen LogP contribution in [-0.2, 0) is 4.79 Å². The summed E-state index contributed by atoms with van der Waals surface area (Å²) in [7, 11) is 3.98. The van der Waals surface area contributed by atoms with E-state index < -0.39 is 6.04 Å². The van der Waals surface area contributed by atoms with E-state index in [1.165, 1.54) is 4.88 Å². The van der Waals surface area contributed by atoms with E-state index in [9.17, 15) is 9.59 Å². The first kappa shape index (κ1) is 22.9. The molecular formula is C22H31N3O3S. The molecule has 2 aromatic rings. The minimum Gasteiger partial charge on any atom is -0.493 e. The zero-order valence-corrected chi connectivity index (χ0v) is 18.6. The summed E-state index contributed by atoms with van der Waals surface area (Å²) < 4.78 is 5.54. The molecule has 158 valence electrons. The SMILES string of the molecule is CCOc1ccccc1C(=O)NC(C(=O)NCC(c1cccs1)N(C)C)C(C)C. The largest absolute Gasteiger partial charge is 0.493 e. The number of hydrogen-bond donors (Lipinski definition) is 2. The van der Waals surface area contributed by atoms with Crippen molar-refractivity contribution in [2.75, 3.05) is 27.2 Å². The molecule has 2 amide bonds. The summed E-state index contributed by atoms with van der Waals surface area (Å²) in [5.74, 6) is -0.0468. The van der Waals surface area contributed by atoms with Crippen LogP contribution in [-0.4, -0.2) is 50.0 Å². The Kier molecular flexibility index (Phi) is 8.67. The van der Waals surface area contributed by atoms with Crippen LogP contribution in [0.25, 0.3) is 0 Å². The highest BCUT2D eigenvalue weighted by Gasteiger charge is 2.27. The van der Waals surface area contributed by atoms with Crippen molar-refractivity contribution in [3.63, 3.8) is 0 Å². The van der Waals surface area contributed by atoms with Crippen LogP contribution in [0.15, 0.2) is 41.8 Å². The average molecular weight is 418 g/mol. The Morgan fingerprint density at radius 2 is 1.86 bits per heavy atom. The molecule has 0 bridgehead atoms. The van der Waals surface area contributed by atoms with E-state index in [0.717, 1.165) is 0 Å². The molecule has 1 heterocycles. The van der Waals surface area contributed by atoms with Crippen LogP contribution in [0.1, 0.15) is 42.0 Å². The molecule has 0 aliphatic carbocycles. The lowest BCUT2D eigenvalue weighted by Gasteiger charge is -2.26. The lowest BCUT2D eigenvalue weighted by Crippen LogP contribution is -2.51. The highest BCUT2D eigenvalue weighted by molar-refractivity contribution is 7.10. The Morgan fingerprint density at radius 1 is 1.14 bits per heavy atom. The number of carbonyl (C=O) groups is 2. The first-order valence-corrected chi connectivity index (χ1v) is 10.7. The number of benzene rings is 1. The van der Waals surface area contributed by atoms with Crippen molar-refractivity contribution in [2.24, 2.45) is 5.92 Å². The fourth-order valence-electron chi connectivity index (χ4n) is 3.02. The van der Waals surface area contributed by atoms with Gasteiger partial charge in [0.1, 0.15) is 11.8 Å². The fraction of sp³-hybridized carbons (Fsp3) is 0.455. The Morgan fingerprint density at radius 3 is 2.45 bits per heavy atom. The second-order valence-electron chi connectivity index (χ2n) is 7.36. The van der Waals surface area contributed by atoms with Crippen molar-refractivity contribution >= 4 is 23.2 Å². The van der Waals surface area contributed by atoms with Crippen molar-refractivity contribution in [2.45, 2.75) is 32.9 Å². The van der Waals surface area contributed by atoms with Crippen LogP contribution < -0.4 is 15.4 Å². The molecule has 0 fully saturated rings. The maximum Gasteiger partial charge on any atom is 0.255 e. The van der Waals surface area contributed by atoms with Gasteiger partial charge in [-0.2, -0.15) is 0 Å². The summed E-state index contributed by atoms with van der Waals surface area (Å²) in [5.41, 5.74) is 0.428. The van der Waals surface area contributed by atoms with Gasteiger partial charge in [0.2, 0.25) is 5.91 Å². The standard InChI is InChI=1S/C22H31N3O3S/c1-6-28-18-11-8-7-10-16(18)21(26)24-20(15(2)3)22(27)23-14-17(25(4)5)19-12-9-13-29-19/h7-13,15,17,20H,6,14H2,1-5H3,(H,23,27)(H,24,26). The zero-order chi connectivity index (χ0) is 21.4. The Labute approximate surface area is 177 Å². The van der Waals surface area contributed by atoms with Gasteiger partial charge >= 0.3 is 0 Å². The summed E-state index contributed by atoms with van der Waals surface area (Å²) in [5, 5.41) is 7.92. The molecule has 0 aliphatic heterocycles. The highest BCUT2D eigenvalue weighted by Crippen LogP contribution is 2.22. The number of amides is 2. The molecule has 2 unspecified atom stereocenters. The van der Waals surface area contributed by atoms with Crippen LogP contribution in [0, 0.1) is 5.92 Å². The van der Waals surface area contributed by atoms with Gasteiger partial charge < -0.3 is 20.3 Å². The summed E-state index contributed by atoms with van der Waals surface area (Å²) in [4.78, 5) is 29.0. The van der Waals surface area contributed by atoms with Gasteiger partial charge in [0, 0.05) is 11.4 Å². The van der Waals surface area contributed by atoms with E-state index >= 15 is 0 Å². The van der Waals surface area contributed by atoms with Crippen molar-refractivity contribution in [1.82, 2.24) is 15.5 Å². The Balaban J connectivity index is 2.07. The number of para-hydroxylation sites is 1. The molecular weight excluding hydrogens is 386 g/mol. The Hall–Kier alpha value is -2.38. The number of hydrogen-bond acceptors (Lipinski definition) is 5. The van der Waals surface area contributed by atoms with Crippen molar-refractivity contribution in [3.8, 4) is 5.75 Å². The van der Waals surface area contributed by atoms with E-state index in [2.05, 4.69) is 21.6 Å². The summed E-state index contributed by atoms with van der Waals surface area (Å²) in [6.07, 6.45) is 0. The van der Waals surface area contributed by atoms with Gasteiger partial charge in [0.15, 0.2) is 0 Å². The highest BCUT2D eigenvalue weighted by atomic mass is 32.1. The monoisotopic (exact) mass is 417 g/mol. The quantitative estimate of drug-likeness (QED) is 0.622. The maximum absolute atomic E-state index is 12.9. The third-order valence-corrected chi connectivity index (χ3v) is 5.61. The van der Waals surface area contributed by atoms with Crippen LogP contribution in [0.5, 0.6) is 5.75 Å². The first-order valence-electron chi connectivity index (χ1n) is 9.85. The third-order valence-electron chi connectivity index (χ3n) is 4.63. The van der Waals surface area contributed by atoms with Crippen LogP contribution in [0.2, 0.25) is 0 Å². The summed E-state index contributed by atoms with van der Waals surface area (Å²) in [6, 6.07) is 10.6. The summed E-state index contributed by atoms with van der Waals surface area (Å²) >= 11 is 1.66. The number of thiophene rings is 1. The molecule has 2 rings (SSSR count). The van der Waals surface area contributed by atoms with Gasteiger partial charge in [0.05, 0.1) is 18.2 Å². The number of ether oxygens (including phenoxy) is 1. The third kappa shape index (κ3) is 6.30. The first-order chi connectivity index (χ1) is 13.8. The molecule has 6 nitrogen and oxygen atoms in total. The molecule has 1 aromatic heterocycles. The smallest absolute Gasteiger partial charge is 0.255 e. The van der Waals surface area contributed by atoms with Crippen LogP contribution >= 0.6 is 11.3 Å². The molecule has 29 heavy (non-hydrogen) atoms. The van der Waals surface area contributed by atoms with E-state index in [0.29, 0.717) is 24.5 Å². The van der Waals surface area contributed by atoms with E-state index in [4.69, 9.17) is 4.74 Å². The lowest BCUT2D eigenvalue weighted by molar-refractivity contribution is -0.124. The number of carbonyl (C=O) groups excluding carboxylic acids is 2. The van der Waals surface area contributed by atoms with Crippen molar-refractivity contribution in [1.29, 1.82) is 0 Å². The topological polar surface area (TPSA) is 70.7 Å². The van der Waals surface area contributed by atoms with Gasteiger partial charge in [-0.05, 0) is 50.5 Å². The van der Waals surface area contributed by atoms with Gasteiger partial charge in [-0.15, -0.1) is 11.3 Å². The van der Waals surface area contributed by atoms with E-state index in [-0.39, 0.29) is 23.8 Å². The number of rotatable bonds is 10. The molecule has 0 radical (unpaired) electrons. The van der Waals surface area contributed by atoms with Gasteiger partial charge in [-0.1, -0.05) is 32.0 Å². The number of nitrogens with one attached hydrogen (secondary N) is 2. The maximum atomic E-state index is 12.9. The predicted molar refractivity (Wildman–Crippen MR) is 117 cm³/mol. The molecule has 0 saturated carbocycles. The van der Waals surface area contributed by atoms with E-state index in [1.54, 1.807) is 29.5 Å². The van der Waals surface area contributed by atoms with Crippen molar-refractivity contribution < 1.29 is 14.3 Å².